The second kappa shape index (κ2) is 9.92. The Morgan fingerprint density at radius 1 is 1.35 bits per heavy atom. The van der Waals surface area contributed by atoms with Gasteiger partial charge in [0.15, 0.2) is 0 Å². The molecule has 0 amide bonds. The molecule has 0 fully saturated rings. The first-order chi connectivity index (χ1) is 11.0. The van der Waals surface area contributed by atoms with Crippen LogP contribution in [0.2, 0.25) is 0 Å². The second-order valence-electron chi connectivity index (χ2n) is 6.75. The fraction of sp³-hybridized carbons (Fsp3) is 0.750. The van der Waals surface area contributed by atoms with Crippen molar-refractivity contribution in [1.29, 1.82) is 0 Å². The summed E-state index contributed by atoms with van der Waals surface area (Å²) in [6, 6.07) is 0. The predicted molar refractivity (Wildman–Crippen MR) is 95.2 cm³/mol. The molecule has 1 aliphatic carbocycles. The zero-order chi connectivity index (χ0) is 17.3. The average molecular weight is 322 g/mol. The third-order valence-electron chi connectivity index (χ3n) is 5.11. The van der Waals surface area contributed by atoms with Crippen molar-refractivity contribution in [2.24, 2.45) is 5.92 Å². The van der Waals surface area contributed by atoms with Crippen LogP contribution in [-0.4, -0.2) is 23.3 Å². The van der Waals surface area contributed by atoms with E-state index in [0.717, 1.165) is 44.1 Å². The maximum absolute atomic E-state index is 11.4. The Morgan fingerprint density at radius 2 is 2.00 bits per heavy atom. The molecule has 3 heteroatoms. The average Bonchev–Trinajstić information content (AvgIpc) is 2.51. The first-order valence-electron chi connectivity index (χ1n) is 9.25. The van der Waals surface area contributed by atoms with Crippen LogP contribution in [0.4, 0.5) is 0 Å². The van der Waals surface area contributed by atoms with Crippen molar-refractivity contribution >= 4 is 5.97 Å². The standard InChI is InChI=1S/C20H34O3/c1-5-16(10-9-11-20(22,6-2)7-3)12-17-13-18(14-17)15-19(21)23-8-4/h13,15-16,22H,5-12,14H2,1-4H3. The minimum absolute atomic E-state index is 0.233. The molecule has 0 spiro atoms. The number of ether oxygens (including phenoxy) is 1. The summed E-state index contributed by atoms with van der Waals surface area (Å²) in [5.74, 6) is 0.451. The van der Waals surface area contributed by atoms with Gasteiger partial charge >= 0.3 is 5.97 Å². The van der Waals surface area contributed by atoms with Gasteiger partial charge in [0.2, 0.25) is 0 Å². The number of esters is 1. The number of carbonyl (C=O) groups excluding carboxylic acids is 1. The summed E-state index contributed by atoms with van der Waals surface area (Å²) in [5, 5.41) is 10.4. The Hall–Kier alpha value is -1.09. The minimum atomic E-state index is -0.469. The first kappa shape index (κ1) is 20.0. The van der Waals surface area contributed by atoms with Crippen LogP contribution in [0.5, 0.6) is 0 Å². The predicted octanol–water partition coefficient (Wildman–Crippen LogP) is 4.94. The molecule has 0 heterocycles. The Kier molecular flexibility index (Phi) is 8.60. The monoisotopic (exact) mass is 322 g/mol. The van der Waals surface area contributed by atoms with E-state index in [4.69, 9.17) is 4.74 Å². The van der Waals surface area contributed by atoms with E-state index in [2.05, 4.69) is 26.8 Å². The van der Waals surface area contributed by atoms with Crippen LogP contribution in [0.1, 0.15) is 79.1 Å². The van der Waals surface area contributed by atoms with Gasteiger partial charge in [-0.15, -0.1) is 0 Å². The molecule has 0 radical (unpaired) electrons. The van der Waals surface area contributed by atoms with Gasteiger partial charge in [0, 0.05) is 6.08 Å². The molecule has 1 atom stereocenters. The number of allylic oxidation sites excluding steroid dienone is 3. The van der Waals surface area contributed by atoms with Crippen LogP contribution >= 0.6 is 0 Å². The molecule has 23 heavy (non-hydrogen) atoms. The molecular weight excluding hydrogens is 288 g/mol. The molecule has 0 aliphatic heterocycles. The Bertz CT molecular complexity index is 430. The minimum Gasteiger partial charge on any atom is -0.463 e. The van der Waals surface area contributed by atoms with E-state index in [1.54, 1.807) is 6.08 Å². The van der Waals surface area contributed by atoms with Gasteiger partial charge in [0.1, 0.15) is 0 Å². The lowest BCUT2D eigenvalue weighted by Crippen LogP contribution is -2.26. The Balaban J connectivity index is 2.37. The lowest BCUT2D eigenvalue weighted by molar-refractivity contribution is -0.137. The molecule has 3 nitrogen and oxygen atoms in total. The van der Waals surface area contributed by atoms with Crippen molar-refractivity contribution in [3.8, 4) is 0 Å². The fourth-order valence-corrected chi connectivity index (χ4v) is 3.20. The highest BCUT2D eigenvalue weighted by Gasteiger charge is 2.23. The SMILES string of the molecule is CCOC(=O)C=C1C=C(CC(CC)CCCC(O)(CC)CC)C1. The van der Waals surface area contributed by atoms with Gasteiger partial charge in [-0.3, -0.25) is 0 Å². The van der Waals surface area contributed by atoms with Crippen molar-refractivity contribution in [3.63, 3.8) is 0 Å². The molecule has 0 aromatic heterocycles. The first-order valence-corrected chi connectivity index (χ1v) is 9.25. The molecular formula is C20H34O3. The molecule has 1 rings (SSSR count). The molecule has 0 aromatic carbocycles. The third kappa shape index (κ3) is 6.90. The number of carbonyl (C=O) groups is 1. The summed E-state index contributed by atoms with van der Waals surface area (Å²) in [6.45, 7) is 8.63. The van der Waals surface area contributed by atoms with Gasteiger partial charge in [-0.05, 0) is 50.5 Å². The van der Waals surface area contributed by atoms with Gasteiger partial charge in [-0.25, -0.2) is 4.79 Å². The molecule has 0 bridgehead atoms. The van der Waals surface area contributed by atoms with Crippen LogP contribution in [0.25, 0.3) is 0 Å². The molecule has 0 aromatic rings. The van der Waals surface area contributed by atoms with Crippen molar-refractivity contribution in [2.75, 3.05) is 6.61 Å². The zero-order valence-electron chi connectivity index (χ0n) is 15.4. The Labute approximate surface area is 141 Å². The number of aliphatic hydroxyl groups is 1. The Morgan fingerprint density at radius 3 is 2.52 bits per heavy atom. The van der Waals surface area contributed by atoms with Crippen molar-refractivity contribution < 1.29 is 14.6 Å². The van der Waals surface area contributed by atoms with E-state index >= 15 is 0 Å². The molecule has 132 valence electrons. The molecule has 1 aliphatic rings. The highest BCUT2D eigenvalue weighted by Crippen LogP contribution is 2.33. The quantitative estimate of drug-likeness (QED) is 0.433. The van der Waals surface area contributed by atoms with Crippen molar-refractivity contribution in [3.05, 3.63) is 23.3 Å². The van der Waals surface area contributed by atoms with Crippen LogP contribution in [0, 0.1) is 5.92 Å². The summed E-state index contributed by atoms with van der Waals surface area (Å²) in [5.41, 5.74) is 2.05. The van der Waals surface area contributed by atoms with Crippen LogP contribution in [0.15, 0.2) is 23.3 Å². The van der Waals surface area contributed by atoms with E-state index < -0.39 is 5.60 Å². The molecule has 0 saturated carbocycles. The van der Waals surface area contributed by atoms with Gasteiger partial charge in [-0.2, -0.15) is 0 Å². The fourth-order valence-electron chi connectivity index (χ4n) is 3.20. The maximum Gasteiger partial charge on any atom is 0.331 e. The topological polar surface area (TPSA) is 46.5 Å². The number of hydrogen-bond acceptors (Lipinski definition) is 3. The lowest BCUT2D eigenvalue weighted by atomic mass is 9.81. The molecule has 1 N–H and O–H groups in total. The zero-order valence-corrected chi connectivity index (χ0v) is 15.4. The number of rotatable bonds is 11. The van der Waals surface area contributed by atoms with Gasteiger partial charge in [0.25, 0.3) is 0 Å². The van der Waals surface area contributed by atoms with Gasteiger partial charge in [0.05, 0.1) is 12.2 Å². The van der Waals surface area contributed by atoms with E-state index in [0.29, 0.717) is 12.5 Å². The van der Waals surface area contributed by atoms with Crippen molar-refractivity contribution in [1.82, 2.24) is 0 Å². The van der Waals surface area contributed by atoms with Crippen molar-refractivity contribution in [2.45, 2.75) is 84.7 Å². The van der Waals surface area contributed by atoms with Gasteiger partial charge < -0.3 is 9.84 Å². The van der Waals surface area contributed by atoms with E-state index in [9.17, 15) is 9.90 Å². The summed E-state index contributed by atoms with van der Waals surface area (Å²) in [4.78, 5) is 11.4. The summed E-state index contributed by atoms with van der Waals surface area (Å²) in [7, 11) is 0. The van der Waals surface area contributed by atoms with Crippen LogP contribution < -0.4 is 0 Å². The highest BCUT2D eigenvalue weighted by molar-refractivity contribution is 5.84. The summed E-state index contributed by atoms with van der Waals surface area (Å²) >= 11 is 0. The second-order valence-corrected chi connectivity index (χ2v) is 6.75. The smallest absolute Gasteiger partial charge is 0.331 e. The molecule has 1 unspecified atom stereocenters. The summed E-state index contributed by atoms with van der Waals surface area (Å²) in [6.07, 6.45) is 11.8. The molecule has 0 saturated heterocycles. The van der Waals surface area contributed by atoms with Crippen LogP contribution in [-0.2, 0) is 9.53 Å². The lowest BCUT2D eigenvalue weighted by Gasteiger charge is -2.27. The summed E-state index contributed by atoms with van der Waals surface area (Å²) < 4.78 is 4.92. The van der Waals surface area contributed by atoms with Crippen LogP contribution in [0.3, 0.4) is 0 Å². The van der Waals surface area contributed by atoms with E-state index in [1.165, 1.54) is 18.4 Å². The number of hydrogen-bond donors (Lipinski definition) is 1. The normalized spacial score (nSPS) is 17.6. The van der Waals surface area contributed by atoms with Gasteiger partial charge in [-0.1, -0.05) is 51.7 Å². The third-order valence-corrected chi connectivity index (χ3v) is 5.11. The highest BCUT2D eigenvalue weighted by atomic mass is 16.5. The van der Waals surface area contributed by atoms with E-state index in [1.807, 2.05) is 6.92 Å². The van der Waals surface area contributed by atoms with E-state index in [-0.39, 0.29) is 5.97 Å². The largest absolute Gasteiger partial charge is 0.463 e. The maximum atomic E-state index is 11.4.